The fraction of sp³-hybridized carbons (Fsp3) is 0.125. The topological polar surface area (TPSA) is 24.7 Å². The third-order valence-corrected chi connectivity index (χ3v) is 2.74. The lowest BCUT2D eigenvalue weighted by molar-refractivity contribution is 0.581. The molecule has 0 aliphatic carbocycles. The summed E-state index contributed by atoms with van der Waals surface area (Å²) in [5.41, 5.74) is 0.352. The molecule has 0 aromatic heterocycles. The first-order chi connectivity index (χ1) is 10.6. The monoisotopic (exact) mass is 308 g/mol. The molecular weight excluding hydrogens is 296 g/mol. The number of hydrogen-bond acceptors (Lipinski definition) is 2. The van der Waals surface area contributed by atoms with Gasteiger partial charge < -0.3 is 0 Å². The van der Waals surface area contributed by atoms with E-state index in [4.69, 9.17) is 0 Å². The summed E-state index contributed by atoms with van der Waals surface area (Å²) in [6.45, 7) is 0.520. The third kappa shape index (κ3) is 4.51. The molecule has 0 amide bonds. The predicted octanol–water partition coefficient (Wildman–Crippen LogP) is 3.78. The lowest BCUT2D eigenvalue weighted by Crippen LogP contribution is -1.94. The summed E-state index contributed by atoms with van der Waals surface area (Å²) in [6.07, 6.45) is 2.56. The van der Waals surface area contributed by atoms with Gasteiger partial charge in [-0.1, -0.05) is 0 Å². The van der Waals surface area contributed by atoms with Gasteiger partial charge in [-0.2, -0.15) is 0 Å². The van der Waals surface area contributed by atoms with E-state index in [-0.39, 0.29) is 24.2 Å². The normalized spacial score (nSPS) is 11.6. The molecule has 2 aromatic carbocycles. The fourth-order valence-corrected chi connectivity index (χ4v) is 1.65. The van der Waals surface area contributed by atoms with Gasteiger partial charge in [0.1, 0.15) is 23.3 Å². The van der Waals surface area contributed by atoms with Crippen LogP contribution in [0.1, 0.15) is 11.1 Å². The molecule has 0 atom stereocenters. The molecule has 0 aliphatic heterocycles. The zero-order valence-electron chi connectivity index (χ0n) is 11.4. The van der Waals surface area contributed by atoms with Crippen LogP contribution in [0, 0.1) is 23.3 Å². The van der Waals surface area contributed by atoms with E-state index in [0.717, 1.165) is 24.3 Å². The molecule has 0 fully saturated rings. The van der Waals surface area contributed by atoms with Gasteiger partial charge in [0.2, 0.25) is 0 Å². The van der Waals surface area contributed by atoms with E-state index in [1.54, 1.807) is 0 Å². The van der Waals surface area contributed by atoms with Crippen molar-refractivity contribution >= 4 is 12.4 Å². The largest absolute Gasteiger partial charge is 0.291 e. The maximum absolute atomic E-state index is 13.3. The van der Waals surface area contributed by atoms with Crippen molar-refractivity contribution in [2.45, 2.75) is 0 Å². The maximum atomic E-state index is 13.3. The molecule has 0 unspecified atom stereocenters. The molecule has 0 N–H and O–H groups in total. The van der Waals surface area contributed by atoms with Crippen molar-refractivity contribution in [2.75, 3.05) is 13.1 Å². The van der Waals surface area contributed by atoms with Gasteiger partial charge in [-0.25, -0.2) is 17.6 Å². The predicted molar refractivity (Wildman–Crippen MR) is 77.6 cm³/mol. The Bertz CT molecular complexity index is 650. The van der Waals surface area contributed by atoms with Gasteiger partial charge in [0.15, 0.2) is 0 Å². The molecular formula is C16H12F4N2. The smallest absolute Gasteiger partial charge is 0.134 e. The Balaban J connectivity index is 1.86. The lowest BCUT2D eigenvalue weighted by Gasteiger charge is -1.97. The van der Waals surface area contributed by atoms with Crippen LogP contribution in [-0.4, -0.2) is 25.5 Å². The molecule has 0 spiro atoms. The Hall–Kier alpha value is -2.50. The second-order valence-corrected chi connectivity index (χ2v) is 4.40. The van der Waals surface area contributed by atoms with Gasteiger partial charge in [-0.05, 0) is 24.3 Å². The minimum atomic E-state index is -0.694. The van der Waals surface area contributed by atoms with Crippen LogP contribution in [0.4, 0.5) is 17.6 Å². The number of hydrogen-bond donors (Lipinski definition) is 0. The van der Waals surface area contributed by atoms with Crippen molar-refractivity contribution < 1.29 is 17.6 Å². The first kappa shape index (κ1) is 15.9. The Morgan fingerprint density at radius 3 is 1.45 bits per heavy atom. The number of aliphatic imine (C=N–C) groups is 2. The second kappa shape index (κ2) is 7.49. The molecule has 0 saturated carbocycles. The average Bonchev–Trinajstić information content (AvgIpc) is 2.46. The van der Waals surface area contributed by atoms with Crippen LogP contribution in [0.2, 0.25) is 0 Å². The van der Waals surface area contributed by atoms with Crippen molar-refractivity contribution in [1.82, 2.24) is 0 Å². The average molecular weight is 308 g/mol. The molecule has 6 heteroatoms. The van der Waals surface area contributed by atoms with Crippen LogP contribution >= 0.6 is 0 Å². The molecule has 2 rings (SSSR count). The van der Waals surface area contributed by atoms with Crippen molar-refractivity contribution in [3.63, 3.8) is 0 Å². The SMILES string of the molecule is Fc1ccc(/C=N/CC/N=C/c2ccc(F)cc2F)c(F)c1. The van der Waals surface area contributed by atoms with Gasteiger partial charge in [0.25, 0.3) is 0 Å². The number of rotatable bonds is 5. The van der Waals surface area contributed by atoms with Crippen molar-refractivity contribution in [1.29, 1.82) is 0 Å². The number of halogens is 4. The number of benzene rings is 2. The maximum Gasteiger partial charge on any atom is 0.134 e. The van der Waals surface area contributed by atoms with Crippen LogP contribution in [0.5, 0.6) is 0 Å². The zero-order valence-corrected chi connectivity index (χ0v) is 11.4. The molecule has 0 aliphatic rings. The minimum absolute atomic E-state index is 0.176. The van der Waals surface area contributed by atoms with Gasteiger partial charge in [-0.15, -0.1) is 0 Å². The van der Waals surface area contributed by atoms with Crippen LogP contribution < -0.4 is 0 Å². The van der Waals surface area contributed by atoms with E-state index in [0.29, 0.717) is 0 Å². The van der Waals surface area contributed by atoms with Crippen molar-refractivity contribution in [3.8, 4) is 0 Å². The Morgan fingerprint density at radius 1 is 0.682 bits per heavy atom. The standard InChI is InChI=1S/C16H12F4N2/c17-13-3-1-11(15(19)7-13)9-21-5-6-22-10-12-2-4-14(18)8-16(12)20/h1-4,7-10H,5-6H2/b21-9+,22-10+. The van der Waals surface area contributed by atoms with Gasteiger partial charge >= 0.3 is 0 Å². The van der Waals surface area contributed by atoms with E-state index in [9.17, 15) is 17.6 Å². The van der Waals surface area contributed by atoms with E-state index in [2.05, 4.69) is 9.98 Å². The highest BCUT2D eigenvalue weighted by molar-refractivity contribution is 5.80. The van der Waals surface area contributed by atoms with E-state index >= 15 is 0 Å². The molecule has 2 aromatic rings. The van der Waals surface area contributed by atoms with Crippen LogP contribution in [0.25, 0.3) is 0 Å². The van der Waals surface area contributed by atoms with Gasteiger partial charge in [0, 0.05) is 35.7 Å². The summed E-state index contributed by atoms with van der Waals surface area (Å²) in [4.78, 5) is 7.89. The van der Waals surface area contributed by atoms with Crippen LogP contribution in [0.15, 0.2) is 46.4 Å². The number of nitrogens with zero attached hydrogens (tertiary/aromatic N) is 2. The molecule has 0 heterocycles. The van der Waals surface area contributed by atoms with E-state index in [1.807, 2.05) is 0 Å². The zero-order chi connectivity index (χ0) is 15.9. The highest BCUT2D eigenvalue weighted by atomic mass is 19.1. The molecule has 2 nitrogen and oxygen atoms in total. The second-order valence-electron chi connectivity index (χ2n) is 4.40. The molecule has 0 radical (unpaired) electrons. The van der Waals surface area contributed by atoms with Crippen LogP contribution in [0.3, 0.4) is 0 Å². The van der Waals surface area contributed by atoms with Gasteiger partial charge in [0.05, 0.1) is 13.1 Å². The summed E-state index contributed by atoms with van der Waals surface area (Å²) >= 11 is 0. The fourth-order valence-electron chi connectivity index (χ4n) is 1.65. The summed E-state index contributed by atoms with van der Waals surface area (Å²) in [5.74, 6) is -2.69. The summed E-state index contributed by atoms with van der Waals surface area (Å²) < 4.78 is 52.0. The quantitative estimate of drug-likeness (QED) is 0.456. The van der Waals surface area contributed by atoms with E-state index < -0.39 is 23.3 Å². The minimum Gasteiger partial charge on any atom is -0.291 e. The first-order valence-electron chi connectivity index (χ1n) is 6.46. The summed E-state index contributed by atoms with van der Waals surface area (Å²) in [7, 11) is 0. The molecule has 114 valence electrons. The van der Waals surface area contributed by atoms with Crippen molar-refractivity contribution in [3.05, 3.63) is 70.8 Å². The third-order valence-electron chi connectivity index (χ3n) is 2.74. The Labute approximate surface area is 124 Å². The highest BCUT2D eigenvalue weighted by Crippen LogP contribution is 2.08. The summed E-state index contributed by atoms with van der Waals surface area (Å²) in [6, 6.07) is 6.39. The van der Waals surface area contributed by atoms with Gasteiger partial charge in [-0.3, -0.25) is 9.98 Å². The highest BCUT2D eigenvalue weighted by Gasteiger charge is 2.01. The lowest BCUT2D eigenvalue weighted by atomic mass is 10.2. The van der Waals surface area contributed by atoms with Crippen molar-refractivity contribution in [2.24, 2.45) is 9.98 Å². The van der Waals surface area contributed by atoms with E-state index in [1.165, 1.54) is 24.6 Å². The van der Waals surface area contributed by atoms with Crippen LogP contribution in [-0.2, 0) is 0 Å². The Morgan fingerprint density at radius 2 is 1.09 bits per heavy atom. The summed E-state index contributed by atoms with van der Waals surface area (Å²) in [5, 5.41) is 0. The molecule has 0 bridgehead atoms. The Kier molecular flexibility index (Phi) is 5.41. The molecule has 0 saturated heterocycles. The first-order valence-corrected chi connectivity index (χ1v) is 6.46. The molecule has 22 heavy (non-hydrogen) atoms.